The molecule has 0 bridgehead atoms. The number of nitrogens with zero attached hydrogens (tertiary/aromatic N) is 2. The van der Waals surface area contributed by atoms with Crippen LogP contribution in [0.5, 0.6) is 11.5 Å². The zero-order valence-electron chi connectivity index (χ0n) is 25.8. The van der Waals surface area contributed by atoms with Crippen LogP contribution in [0.1, 0.15) is 89.7 Å². The van der Waals surface area contributed by atoms with Crippen molar-refractivity contribution in [3.63, 3.8) is 0 Å². The molecule has 8 heteroatoms. The van der Waals surface area contributed by atoms with Crippen molar-refractivity contribution in [1.29, 1.82) is 0 Å². The Balaban J connectivity index is 1.70. The lowest BCUT2D eigenvalue weighted by molar-refractivity contribution is -0.143. The lowest BCUT2D eigenvalue weighted by Gasteiger charge is -2.35. The molecule has 4 atom stereocenters. The molecule has 2 aliphatic rings. The molecule has 230 valence electrons. The van der Waals surface area contributed by atoms with Gasteiger partial charge in [-0.05, 0) is 73.6 Å². The SMILES string of the molecule is CCCC(C)CC1C(C(=O)O)C(c2ccc3c(c2)OCO3)CN1CC(=O)N(c1ccc(F)c(C)c1)C(CCC)CCC. The zero-order valence-corrected chi connectivity index (χ0v) is 25.8. The summed E-state index contributed by atoms with van der Waals surface area (Å²) in [7, 11) is 0. The average Bonchev–Trinajstić information content (AvgIpc) is 3.55. The monoisotopic (exact) mass is 582 g/mol. The highest BCUT2D eigenvalue weighted by atomic mass is 19.1. The van der Waals surface area contributed by atoms with Crippen LogP contribution in [0.25, 0.3) is 0 Å². The lowest BCUT2D eigenvalue weighted by atomic mass is 9.81. The van der Waals surface area contributed by atoms with E-state index in [0.717, 1.165) is 44.1 Å². The van der Waals surface area contributed by atoms with E-state index in [9.17, 15) is 19.1 Å². The van der Waals surface area contributed by atoms with Crippen molar-refractivity contribution in [2.45, 2.75) is 97.6 Å². The molecule has 0 saturated carbocycles. The van der Waals surface area contributed by atoms with Crippen molar-refractivity contribution in [2.24, 2.45) is 11.8 Å². The number of aliphatic carboxylic acids is 1. The maximum Gasteiger partial charge on any atom is 0.308 e. The van der Waals surface area contributed by atoms with Crippen LogP contribution in [-0.4, -0.2) is 53.8 Å². The molecule has 1 N–H and O–H groups in total. The number of amides is 1. The van der Waals surface area contributed by atoms with Crippen molar-refractivity contribution >= 4 is 17.6 Å². The Hall–Kier alpha value is -3.13. The number of anilines is 1. The summed E-state index contributed by atoms with van der Waals surface area (Å²) in [5, 5.41) is 10.6. The van der Waals surface area contributed by atoms with E-state index in [1.807, 2.05) is 23.1 Å². The predicted octanol–water partition coefficient (Wildman–Crippen LogP) is 7.16. The molecule has 0 radical (unpaired) electrons. The number of likely N-dealkylation sites (tertiary alicyclic amines) is 1. The minimum absolute atomic E-state index is 0.0163. The number of ether oxygens (including phenoxy) is 2. The second-order valence-corrected chi connectivity index (χ2v) is 12.1. The number of carbonyl (C=O) groups is 2. The molecule has 0 spiro atoms. The molecular formula is C34H47FN2O5. The Labute approximate surface area is 250 Å². The average molecular weight is 583 g/mol. The van der Waals surface area contributed by atoms with Crippen LogP contribution in [0.2, 0.25) is 0 Å². The minimum atomic E-state index is -0.845. The molecule has 0 aliphatic carbocycles. The van der Waals surface area contributed by atoms with E-state index in [2.05, 4.69) is 32.6 Å². The Morgan fingerprint density at radius 3 is 2.36 bits per heavy atom. The molecule has 4 unspecified atom stereocenters. The Morgan fingerprint density at radius 1 is 1.02 bits per heavy atom. The molecule has 7 nitrogen and oxygen atoms in total. The number of hydrogen-bond acceptors (Lipinski definition) is 5. The standard InChI is InChI=1S/C34H47FN2O5/c1-6-9-22(4)16-29-33(34(39)40)27(24-12-15-30-31(18-24)42-21-41-30)19-36(29)20-32(38)37(25(10-7-2)11-8-3)26-13-14-28(35)23(5)17-26/h12-15,17-18,22,25,27,29,33H,6-11,16,19-21H2,1-5H3,(H,39,40). The number of carboxylic acid groups (broad SMARTS) is 1. The summed E-state index contributed by atoms with van der Waals surface area (Å²) >= 11 is 0. The highest BCUT2D eigenvalue weighted by molar-refractivity contribution is 5.95. The Bertz CT molecular complexity index is 1230. The zero-order chi connectivity index (χ0) is 30.4. The molecule has 1 amide bonds. The fraction of sp³-hybridized carbons (Fsp3) is 0.588. The molecule has 2 aromatic carbocycles. The first kappa shape index (κ1) is 31.8. The van der Waals surface area contributed by atoms with E-state index in [-0.39, 0.29) is 43.1 Å². The van der Waals surface area contributed by atoms with Gasteiger partial charge in [0.2, 0.25) is 12.7 Å². The lowest BCUT2D eigenvalue weighted by Crippen LogP contribution is -2.48. The number of rotatable bonds is 14. The van der Waals surface area contributed by atoms with Gasteiger partial charge in [-0.15, -0.1) is 0 Å². The molecule has 2 aliphatic heterocycles. The van der Waals surface area contributed by atoms with Crippen LogP contribution >= 0.6 is 0 Å². The summed E-state index contributed by atoms with van der Waals surface area (Å²) in [4.78, 5) is 31.2. The topological polar surface area (TPSA) is 79.3 Å². The maximum atomic E-state index is 14.3. The van der Waals surface area contributed by atoms with Crippen LogP contribution in [0.3, 0.4) is 0 Å². The van der Waals surface area contributed by atoms with Crippen molar-refractivity contribution in [1.82, 2.24) is 4.90 Å². The molecule has 2 heterocycles. The van der Waals surface area contributed by atoms with Crippen LogP contribution in [-0.2, 0) is 9.59 Å². The van der Waals surface area contributed by atoms with Gasteiger partial charge in [-0.1, -0.05) is 59.4 Å². The highest BCUT2D eigenvalue weighted by Crippen LogP contribution is 2.44. The second-order valence-electron chi connectivity index (χ2n) is 12.1. The summed E-state index contributed by atoms with van der Waals surface area (Å²) in [5.74, 6) is -0.575. The quantitative estimate of drug-likeness (QED) is 0.255. The Morgan fingerprint density at radius 2 is 1.71 bits per heavy atom. The molecule has 2 aromatic rings. The van der Waals surface area contributed by atoms with Crippen molar-refractivity contribution in [3.8, 4) is 11.5 Å². The molecular weight excluding hydrogens is 535 g/mol. The van der Waals surface area contributed by atoms with E-state index in [1.54, 1.807) is 19.1 Å². The van der Waals surface area contributed by atoms with Crippen molar-refractivity contribution in [2.75, 3.05) is 24.8 Å². The highest BCUT2D eigenvalue weighted by Gasteiger charge is 2.48. The summed E-state index contributed by atoms with van der Waals surface area (Å²) in [6.45, 7) is 11.0. The van der Waals surface area contributed by atoms with Gasteiger partial charge in [0, 0.05) is 30.2 Å². The number of carboxylic acids is 1. The smallest absolute Gasteiger partial charge is 0.308 e. The van der Waals surface area contributed by atoms with Crippen molar-refractivity contribution < 1.29 is 28.6 Å². The third-order valence-corrected chi connectivity index (χ3v) is 8.92. The summed E-state index contributed by atoms with van der Waals surface area (Å²) in [6, 6.07) is 10.2. The van der Waals surface area contributed by atoms with Gasteiger partial charge in [0.15, 0.2) is 11.5 Å². The van der Waals surface area contributed by atoms with Gasteiger partial charge in [-0.2, -0.15) is 0 Å². The van der Waals surface area contributed by atoms with Crippen LogP contribution in [0.4, 0.5) is 10.1 Å². The van der Waals surface area contributed by atoms with Gasteiger partial charge in [0.1, 0.15) is 5.82 Å². The number of halogens is 1. The fourth-order valence-corrected chi connectivity index (χ4v) is 6.95. The van der Waals surface area contributed by atoms with E-state index in [0.29, 0.717) is 41.6 Å². The number of hydrogen-bond donors (Lipinski definition) is 1. The van der Waals surface area contributed by atoms with Crippen LogP contribution in [0.15, 0.2) is 36.4 Å². The van der Waals surface area contributed by atoms with E-state index < -0.39 is 11.9 Å². The van der Waals surface area contributed by atoms with Crippen LogP contribution < -0.4 is 14.4 Å². The number of benzene rings is 2. The van der Waals surface area contributed by atoms with Crippen LogP contribution in [0, 0.1) is 24.6 Å². The number of fused-ring (bicyclic) bond motifs is 1. The summed E-state index contributed by atoms with van der Waals surface area (Å²) in [6.07, 6.45) is 6.22. The Kier molecular flexibility index (Phi) is 10.9. The molecule has 42 heavy (non-hydrogen) atoms. The first-order valence-corrected chi connectivity index (χ1v) is 15.6. The van der Waals surface area contributed by atoms with Gasteiger partial charge in [0.25, 0.3) is 0 Å². The van der Waals surface area contributed by atoms with Gasteiger partial charge in [0.05, 0.1) is 12.5 Å². The third kappa shape index (κ3) is 7.08. The predicted molar refractivity (Wildman–Crippen MR) is 163 cm³/mol. The van der Waals surface area contributed by atoms with Crippen molar-refractivity contribution in [3.05, 3.63) is 53.3 Å². The minimum Gasteiger partial charge on any atom is -0.481 e. The molecule has 4 rings (SSSR count). The summed E-state index contributed by atoms with van der Waals surface area (Å²) in [5.41, 5.74) is 2.08. The molecule has 1 saturated heterocycles. The first-order valence-electron chi connectivity index (χ1n) is 15.6. The summed E-state index contributed by atoms with van der Waals surface area (Å²) < 4.78 is 25.3. The maximum absolute atomic E-state index is 14.3. The van der Waals surface area contributed by atoms with Gasteiger partial charge in [-0.25, -0.2) is 4.39 Å². The third-order valence-electron chi connectivity index (χ3n) is 8.92. The first-order chi connectivity index (χ1) is 20.2. The second kappa shape index (κ2) is 14.4. The molecule has 1 fully saturated rings. The van der Waals surface area contributed by atoms with Gasteiger partial charge in [-0.3, -0.25) is 14.5 Å². The van der Waals surface area contributed by atoms with Gasteiger partial charge >= 0.3 is 5.97 Å². The number of aryl methyl sites for hydroxylation is 1. The van der Waals surface area contributed by atoms with E-state index >= 15 is 0 Å². The largest absolute Gasteiger partial charge is 0.481 e. The van der Waals surface area contributed by atoms with Gasteiger partial charge < -0.3 is 19.5 Å². The fourth-order valence-electron chi connectivity index (χ4n) is 6.95. The van der Waals surface area contributed by atoms with E-state index in [1.165, 1.54) is 6.07 Å². The number of carbonyl (C=O) groups excluding carboxylic acids is 1. The molecule has 0 aromatic heterocycles. The van der Waals surface area contributed by atoms with E-state index in [4.69, 9.17) is 9.47 Å². The normalized spacial score (nSPS) is 20.7.